The van der Waals surface area contributed by atoms with Gasteiger partial charge in [0.2, 0.25) is 5.95 Å². The summed E-state index contributed by atoms with van der Waals surface area (Å²) in [4.78, 5) is 10.6. The zero-order chi connectivity index (χ0) is 20.8. The first-order valence-corrected chi connectivity index (χ1v) is 9.34. The van der Waals surface area contributed by atoms with E-state index in [2.05, 4.69) is 31.8 Å². The minimum atomic E-state index is -2.48. The van der Waals surface area contributed by atoms with Crippen LogP contribution in [-0.2, 0) is 6.54 Å². The molecule has 2 atom stereocenters. The molecule has 0 aliphatic carbocycles. The lowest BCUT2D eigenvalue weighted by molar-refractivity contribution is 0.122. The van der Waals surface area contributed by atoms with Gasteiger partial charge < -0.3 is 10.6 Å². The molecule has 29 heavy (non-hydrogen) atoms. The van der Waals surface area contributed by atoms with Gasteiger partial charge >= 0.3 is 0 Å². The Balaban J connectivity index is 1.61. The second-order valence-electron chi connectivity index (χ2n) is 6.96. The minimum Gasteiger partial charge on any atom is -0.368 e. The lowest BCUT2D eigenvalue weighted by Crippen LogP contribution is -2.35. The van der Waals surface area contributed by atoms with Gasteiger partial charge in [-0.15, -0.1) is 0 Å². The number of nitrogens with zero attached hydrogens (tertiary/aromatic N) is 6. The molecule has 1 aliphatic heterocycles. The van der Waals surface area contributed by atoms with E-state index in [4.69, 9.17) is 5.26 Å². The molecule has 3 rings (SSSR count). The number of hydrogen-bond donors (Lipinski definition) is 2. The number of aryl methyl sites for hydroxylation is 1. The van der Waals surface area contributed by atoms with Crippen molar-refractivity contribution in [2.24, 2.45) is 0 Å². The number of anilines is 3. The number of likely N-dealkylation sites (tertiary alicyclic amines) is 1. The SMILES string of the molecule is Cc1cnc(Nc2cnn(CC(F)F)c2)nc1NCC1CC(F)CN1CCC#N. The van der Waals surface area contributed by atoms with Gasteiger partial charge in [-0.25, -0.2) is 18.2 Å². The number of hydrogen-bond acceptors (Lipinski definition) is 7. The molecule has 1 saturated heterocycles. The molecule has 0 bridgehead atoms. The fraction of sp³-hybridized carbons (Fsp3) is 0.556. The van der Waals surface area contributed by atoms with E-state index < -0.39 is 19.1 Å². The molecule has 1 fully saturated rings. The minimum absolute atomic E-state index is 0.0169. The molecule has 2 aromatic rings. The quantitative estimate of drug-likeness (QED) is 0.659. The van der Waals surface area contributed by atoms with Crippen LogP contribution in [0.4, 0.5) is 30.6 Å². The number of alkyl halides is 3. The zero-order valence-corrected chi connectivity index (χ0v) is 16.0. The summed E-state index contributed by atoms with van der Waals surface area (Å²) in [5.74, 6) is 0.899. The second-order valence-corrected chi connectivity index (χ2v) is 6.96. The molecule has 2 aromatic heterocycles. The van der Waals surface area contributed by atoms with Crippen LogP contribution in [0.2, 0.25) is 0 Å². The highest BCUT2D eigenvalue weighted by Crippen LogP contribution is 2.22. The molecule has 8 nitrogen and oxygen atoms in total. The average molecular weight is 408 g/mol. The highest BCUT2D eigenvalue weighted by molar-refractivity contribution is 5.54. The highest BCUT2D eigenvalue weighted by atomic mass is 19.3. The fourth-order valence-corrected chi connectivity index (χ4v) is 3.30. The van der Waals surface area contributed by atoms with Gasteiger partial charge in [-0.2, -0.15) is 15.3 Å². The third-order valence-corrected chi connectivity index (χ3v) is 4.68. The van der Waals surface area contributed by atoms with Crippen LogP contribution in [0, 0.1) is 18.3 Å². The van der Waals surface area contributed by atoms with Crippen molar-refractivity contribution in [2.45, 2.75) is 44.9 Å². The van der Waals surface area contributed by atoms with Gasteiger partial charge in [0.15, 0.2) is 0 Å². The van der Waals surface area contributed by atoms with Crippen LogP contribution in [0.25, 0.3) is 0 Å². The van der Waals surface area contributed by atoms with Crippen molar-refractivity contribution in [3.63, 3.8) is 0 Å². The summed E-state index contributed by atoms with van der Waals surface area (Å²) in [6, 6.07) is 2.08. The Morgan fingerprint density at radius 1 is 1.38 bits per heavy atom. The van der Waals surface area contributed by atoms with E-state index in [0.29, 0.717) is 49.9 Å². The Morgan fingerprint density at radius 2 is 2.21 bits per heavy atom. The highest BCUT2D eigenvalue weighted by Gasteiger charge is 2.31. The Morgan fingerprint density at radius 3 is 2.97 bits per heavy atom. The van der Waals surface area contributed by atoms with Crippen LogP contribution in [0.1, 0.15) is 18.4 Å². The third-order valence-electron chi connectivity index (χ3n) is 4.68. The van der Waals surface area contributed by atoms with Crippen molar-refractivity contribution >= 4 is 17.5 Å². The number of rotatable bonds is 9. The van der Waals surface area contributed by atoms with E-state index in [1.165, 1.54) is 12.4 Å². The first-order valence-electron chi connectivity index (χ1n) is 9.34. The van der Waals surface area contributed by atoms with Gasteiger partial charge in [-0.3, -0.25) is 9.58 Å². The molecule has 3 heterocycles. The first-order chi connectivity index (χ1) is 13.9. The maximum atomic E-state index is 13.8. The number of nitriles is 1. The van der Waals surface area contributed by atoms with Gasteiger partial charge in [0.05, 0.1) is 18.0 Å². The molecule has 156 valence electrons. The predicted octanol–water partition coefficient (Wildman–Crippen LogP) is 2.73. The summed E-state index contributed by atoms with van der Waals surface area (Å²) >= 11 is 0. The Hall–Kier alpha value is -2.87. The van der Waals surface area contributed by atoms with Gasteiger partial charge in [0.1, 0.15) is 18.5 Å². The summed E-state index contributed by atoms with van der Waals surface area (Å²) in [6.45, 7) is 2.75. The molecular formula is C18H23F3N8. The largest absolute Gasteiger partial charge is 0.368 e. The Bertz CT molecular complexity index is 850. The second kappa shape index (κ2) is 9.56. The molecule has 1 aliphatic rings. The maximum Gasteiger partial charge on any atom is 0.257 e. The molecule has 0 amide bonds. The van der Waals surface area contributed by atoms with Gasteiger partial charge in [0, 0.05) is 50.1 Å². The topological polar surface area (TPSA) is 94.7 Å². The number of nitrogens with one attached hydrogen (secondary N) is 2. The van der Waals surface area contributed by atoms with Gasteiger partial charge in [-0.05, 0) is 13.3 Å². The van der Waals surface area contributed by atoms with E-state index >= 15 is 0 Å². The van der Waals surface area contributed by atoms with E-state index in [1.54, 1.807) is 6.20 Å². The first kappa shape index (κ1) is 20.9. The summed E-state index contributed by atoms with van der Waals surface area (Å²) in [6.07, 6.45) is 1.91. The van der Waals surface area contributed by atoms with Crippen LogP contribution in [0.15, 0.2) is 18.6 Å². The van der Waals surface area contributed by atoms with Crippen molar-refractivity contribution in [3.05, 3.63) is 24.2 Å². The monoisotopic (exact) mass is 408 g/mol. The maximum absolute atomic E-state index is 13.8. The van der Waals surface area contributed by atoms with Crippen molar-refractivity contribution in [1.29, 1.82) is 5.26 Å². The predicted molar refractivity (Wildman–Crippen MR) is 102 cm³/mol. The van der Waals surface area contributed by atoms with E-state index in [0.717, 1.165) is 10.2 Å². The fourth-order valence-electron chi connectivity index (χ4n) is 3.30. The summed E-state index contributed by atoms with van der Waals surface area (Å²) < 4.78 is 39.8. The third kappa shape index (κ3) is 5.80. The summed E-state index contributed by atoms with van der Waals surface area (Å²) in [5, 5.41) is 18.8. The van der Waals surface area contributed by atoms with E-state index in [1.807, 2.05) is 11.8 Å². The Kier molecular flexibility index (Phi) is 6.87. The molecule has 0 spiro atoms. The van der Waals surface area contributed by atoms with Gasteiger partial charge in [0.25, 0.3) is 6.43 Å². The number of halogens is 3. The molecule has 0 radical (unpaired) electrons. The standard InChI is InChI=1S/C18H23F3N8/c1-12-6-24-18(26-14-7-25-29(10-14)11-16(20)21)27-17(12)23-8-15-5-13(19)9-28(15)4-2-3-22/h6-7,10,13,15-16H,2,4-5,8-9,11H2,1H3,(H2,23,24,26,27). The lowest BCUT2D eigenvalue weighted by Gasteiger charge is -2.23. The van der Waals surface area contributed by atoms with Crippen molar-refractivity contribution in [1.82, 2.24) is 24.6 Å². The lowest BCUT2D eigenvalue weighted by atomic mass is 10.2. The van der Waals surface area contributed by atoms with Gasteiger partial charge in [-0.1, -0.05) is 0 Å². The summed E-state index contributed by atoms with van der Waals surface area (Å²) in [5.41, 5.74) is 1.32. The molecular weight excluding hydrogens is 385 g/mol. The molecule has 0 aromatic carbocycles. The van der Waals surface area contributed by atoms with Crippen LogP contribution in [0.3, 0.4) is 0 Å². The molecule has 2 unspecified atom stereocenters. The smallest absolute Gasteiger partial charge is 0.257 e. The van der Waals surface area contributed by atoms with Crippen molar-refractivity contribution in [2.75, 3.05) is 30.3 Å². The molecule has 2 N–H and O–H groups in total. The Labute approximate surface area is 166 Å². The zero-order valence-electron chi connectivity index (χ0n) is 16.0. The van der Waals surface area contributed by atoms with E-state index in [-0.39, 0.29) is 6.04 Å². The summed E-state index contributed by atoms with van der Waals surface area (Å²) in [7, 11) is 0. The van der Waals surface area contributed by atoms with Crippen LogP contribution in [-0.4, -0.2) is 62.9 Å². The van der Waals surface area contributed by atoms with Crippen LogP contribution >= 0.6 is 0 Å². The number of aromatic nitrogens is 4. The molecule has 11 heteroatoms. The molecule has 0 saturated carbocycles. The van der Waals surface area contributed by atoms with Crippen molar-refractivity contribution < 1.29 is 13.2 Å². The van der Waals surface area contributed by atoms with Crippen LogP contribution in [0.5, 0.6) is 0 Å². The van der Waals surface area contributed by atoms with Crippen molar-refractivity contribution in [3.8, 4) is 6.07 Å². The normalized spacial score (nSPS) is 19.4. The van der Waals surface area contributed by atoms with E-state index in [9.17, 15) is 13.2 Å². The average Bonchev–Trinajstić information content (AvgIpc) is 3.25. The van der Waals surface area contributed by atoms with Crippen LogP contribution < -0.4 is 10.6 Å².